The number of thioether (sulfide) groups is 1. The van der Waals surface area contributed by atoms with Crippen LogP contribution in [0.5, 0.6) is 0 Å². The maximum absolute atomic E-state index is 4.19. The van der Waals surface area contributed by atoms with Crippen molar-refractivity contribution in [3.63, 3.8) is 0 Å². The first-order chi connectivity index (χ1) is 6.86. The van der Waals surface area contributed by atoms with Crippen LogP contribution >= 0.6 is 11.8 Å². The summed E-state index contributed by atoms with van der Waals surface area (Å²) < 4.78 is 0. The fourth-order valence-electron chi connectivity index (χ4n) is 2.07. The monoisotopic (exact) mass is 205 g/mol. The van der Waals surface area contributed by atoms with Gasteiger partial charge in [0.15, 0.2) is 0 Å². The number of fused-ring (bicyclic) bond motifs is 1. The van der Waals surface area contributed by atoms with Gasteiger partial charge in [-0.15, -0.1) is 11.8 Å². The van der Waals surface area contributed by atoms with E-state index >= 15 is 0 Å². The van der Waals surface area contributed by atoms with Gasteiger partial charge in [-0.1, -0.05) is 13.0 Å². The third-order valence-electron chi connectivity index (χ3n) is 2.67. The molecule has 74 valence electrons. The summed E-state index contributed by atoms with van der Waals surface area (Å²) in [7, 11) is 0. The van der Waals surface area contributed by atoms with Gasteiger partial charge in [0.1, 0.15) is 0 Å². The van der Waals surface area contributed by atoms with Crippen molar-refractivity contribution < 1.29 is 0 Å². The van der Waals surface area contributed by atoms with Gasteiger partial charge in [0.2, 0.25) is 0 Å². The van der Waals surface area contributed by atoms with Crippen LogP contribution in [0, 0.1) is 0 Å². The number of benzene rings is 1. The van der Waals surface area contributed by atoms with Crippen molar-refractivity contribution in [2.75, 3.05) is 5.75 Å². The lowest BCUT2D eigenvalue weighted by Gasteiger charge is -2.08. The highest BCUT2D eigenvalue weighted by atomic mass is 32.2. The first kappa shape index (κ1) is 9.78. The topological polar surface area (TPSA) is 12.4 Å². The Morgan fingerprint density at radius 3 is 3.00 bits per heavy atom. The molecule has 0 aliphatic heterocycles. The minimum absolute atomic E-state index is 1.10. The Morgan fingerprint density at radius 2 is 2.29 bits per heavy atom. The molecular formula is C12H15NS. The molecule has 0 bridgehead atoms. The molecule has 0 saturated carbocycles. The van der Waals surface area contributed by atoms with Crippen molar-refractivity contribution >= 4 is 24.2 Å². The average Bonchev–Trinajstić information content (AvgIpc) is 2.66. The van der Waals surface area contributed by atoms with Gasteiger partial charge in [-0.2, -0.15) is 0 Å². The third-order valence-corrected chi connectivity index (χ3v) is 3.60. The molecular weight excluding hydrogens is 190 g/mol. The van der Waals surface area contributed by atoms with Crippen LogP contribution in [0.1, 0.15) is 24.5 Å². The molecule has 1 aromatic carbocycles. The van der Waals surface area contributed by atoms with Crippen LogP contribution in [0.4, 0.5) is 5.69 Å². The van der Waals surface area contributed by atoms with Crippen molar-refractivity contribution in [2.45, 2.75) is 31.1 Å². The lowest BCUT2D eigenvalue weighted by molar-refractivity contribution is 0.911. The van der Waals surface area contributed by atoms with E-state index in [1.165, 1.54) is 35.3 Å². The minimum Gasteiger partial charge on any atom is -0.263 e. The number of aliphatic imine (C=N–C) groups is 1. The van der Waals surface area contributed by atoms with Crippen molar-refractivity contribution in [2.24, 2.45) is 4.99 Å². The second-order valence-corrected chi connectivity index (χ2v) is 4.80. The van der Waals surface area contributed by atoms with Crippen molar-refractivity contribution in [3.8, 4) is 0 Å². The molecule has 0 fully saturated rings. The molecule has 2 rings (SSSR count). The van der Waals surface area contributed by atoms with Crippen LogP contribution < -0.4 is 0 Å². The van der Waals surface area contributed by atoms with Gasteiger partial charge in [-0.3, -0.25) is 4.99 Å². The van der Waals surface area contributed by atoms with Crippen LogP contribution in [-0.2, 0) is 12.8 Å². The number of hydrogen-bond acceptors (Lipinski definition) is 2. The van der Waals surface area contributed by atoms with Crippen LogP contribution in [0.15, 0.2) is 22.0 Å². The van der Waals surface area contributed by atoms with Crippen molar-refractivity contribution in [3.05, 3.63) is 23.3 Å². The standard InChI is InChI=1S/C12H15NS/c1-3-14-11-8-7-9-5-4-6-10(9)12(11)13-2/h7-8H,2-6H2,1H3. The van der Waals surface area contributed by atoms with E-state index < -0.39 is 0 Å². The molecule has 0 spiro atoms. The molecule has 1 aromatic rings. The summed E-state index contributed by atoms with van der Waals surface area (Å²) in [4.78, 5) is 5.48. The number of aryl methyl sites for hydroxylation is 1. The highest BCUT2D eigenvalue weighted by molar-refractivity contribution is 7.99. The molecule has 0 radical (unpaired) electrons. The summed E-state index contributed by atoms with van der Waals surface area (Å²) in [6, 6.07) is 4.46. The van der Waals surface area contributed by atoms with E-state index in [4.69, 9.17) is 0 Å². The Hall–Kier alpha value is -0.760. The number of nitrogens with zero attached hydrogens (tertiary/aromatic N) is 1. The first-order valence-corrected chi connectivity index (χ1v) is 6.09. The maximum Gasteiger partial charge on any atom is 0.0792 e. The van der Waals surface area contributed by atoms with Crippen LogP contribution in [-0.4, -0.2) is 12.5 Å². The minimum atomic E-state index is 1.10. The second kappa shape index (κ2) is 4.18. The van der Waals surface area contributed by atoms with E-state index in [-0.39, 0.29) is 0 Å². The smallest absolute Gasteiger partial charge is 0.0792 e. The van der Waals surface area contributed by atoms with Gasteiger partial charge >= 0.3 is 0 Å². The Labute approximate surface area is 89.6 Å². The fraction of sp³-hybridized carbons (Fsp3) is 0.417. The Bertz CT molecular complexity index is 358. The van der Waals surface area contributed by atoms with Crippen LogP contribution in [0.3, 0.4) is 0 Å². The molecule has 1 nitrogen and oxygen atoms in total. The highest BCUT2D eigenvalue weighted by Crippen LogP contribution is 2.38. The summed E-state index contributed by atoms with van der Waals surface area (Å²) in [5.41, 5.74) is 4.07. The molecule has 2 heteroatoms. The lowest BCUT2D eigenvalue weighted by atomic mass is 10.1. The zero-order chi connectivity index (χ0) is 9.97. The van der Waals surface area contributed by atoms with Crippen molar-refractivity contribution in [1.29, 1.82) is 0 Å². The summed E-state index contributed by atoms with van der Waals surface area (Å²) in [5, 5.41) is 0. The van der Waals surface area contributed by atoms with E-state index in [1.807, 2.05) is 11.8 Å². The molecule has 1 aliphatic rings. The zero-order valence-corrected chi connectivity index (χ0v) is 9.36. The molecule has 0 aromatic heterocycles. The lowest BCUT2D eigenvalue weighted by Crippen LogP contribution is -1.86. The molecule has 0 saturated heterocycles. The van der Waals surface area contributed by atoms with Gasteiger partial charge in [0.05, 0.1) is 5.69 Å². The molecule has 1 aliphatic carbocycles. The first-order valence-electron chi connectivity index (χ1n) is 5.11. The van der Waals surface area contributed by atoms with E-state index in [1.54, 1.807) is 0 Å². The molecule has 0 atom stereocenters. The number of hydrogen-bond donors (Lipinski definition) is 0. The Kier molecular flexibility index (Phi) is 2.92. The quantitative estimate of drug-likeness (QED) is 0.542. The molecule has 0 heterocycles. The van der Waals surface area contributed by atoms with Crippen LogP contribution in [0.25, 0.3) is 0 Å². The molecule has 0 unspecified atom stereocenters. The summed E-state index contributed by atoms with van der Waals surface area (Å²) in [6.45, 7) is 5.86. The van der Waals surface area contributed by atoms with Gasteiger partial charge in [-0.05, 0) is 48.9 Å². The molecule has 14 heavy (non-hydrogen) atoms. The second-order valence-electron chi connectivity index (χ2n) is 3.49. The maximum atomic E-state index is 4.19. The van der Waals surface area contributed by atoms with E-state index in [0.717, 1.165) is 11.4 Å². The van der Waals surface area contributed by atoms with Gasteiger partial charge in [0.25, 0.3) is 0 Å². The third kappa shape index (κ3) is 1.59. The van der Waals surface area contributed by atoms with Crippen LogP contribution in [0.2, 0.25) is 0 Å². The van der Waals surface area contributed by atoms with Gasteiger partial charge in [-0.25, -0.2) is 0 Å². The van der Waals surface area contributed by atoms with E-state index in [9.17, 15) is 0 Å². The van der Waals surface area contributed by atoms with E-state index in [2.05, 4.69) is 30.8 Å². The normalized spacial score (nSPS) is 14.1. The summed E-state index contributed by atoms with van der Waals surface area (Å²) in [6.07, 6.45) is 3.68. The van der Waals surface area contributed by atoms with Gasteiger partial charge < -0.3 is 0 Å². The summed E-state index contributed by atoms with van der Waals surface area (Å²) in [5.74, 6) is 1.10. The predicted molar refractivity (Wildman–Crippen MR) is 64.1 cm³/mol. The van der Waals surface area contributed by atoms with Crippen molar-refractivity contribution in [1.82, 2.24) is 0 Å². The largest absolute Gasteiger partial charge is 0.263 e. The Balaban J connectivity index is 2.48. The molecule has 0 amide bonds. The summed E-state index contributed by atoms with van der Waals surface area (Å²) >= 11 is 1.86. The predicted octanol–water partition coefficient (Wildman–Crippen LogP) is 3.62. The highest BCUT2D eigenvalue weighted by Gasteiger charge is 2.16. The van der Waals surface area contributed by atoms with Gasteiger partial charge in [0, 0.05) is 4.90 Å². The van der Waals surface area contributed by atoms with E-state index in [0.29, 0.717) is 0 Å². The number of rotatable bonds is 3. The fourth-order valence-corrected chi connectivity index (χ4v) is 2.87. The average molecular weight is 205 g/mol. The molecule has 0 N–H and O–H groups in total. The zero-order valence-electron chi connectivity index (χ0n) is 8.55. The Morgan fingerprint density at radius 1 is 1.43 bits per heavy atom. The SMILES string of the molecule is C=Nc1c(SCC)ccc2c1CCC2.